The van der Waals surface area contributed by atoms with Crippen LogP contribution < -0.4 is 0 Å². The lowest BCUT2D eigenvalue weighted by Gasteiger charge is -2.35. The summed E-state index contributed by atoms with van der Waals surface area (Å²) in [5.41, 5.74) is 13.2. The molecular formula is C39H46. The van der Waals surface area contributed by atoms with Crippen LogP contribution in [0.1, 0.15) is 107 Å². The van der Waals surface area contributed by atoms with Gasteiger partial charge in [-0.25, -0.2) is 0 Å². The molecule has 4 aromatic carbocycles. The van der Waals surface area contributed by atoms with E-state index < -0.39 is 0 Å². The minimum absolute atomic E-state index is 0.0550. The highest BCUT2D eigenvalue weighted by atomic mass is 14.4. The third kappa shape index (κ3) is 4.77. The maximum absolute atomic E-state index is 2.55. The summed E-state index contributed by atoms with van der Waals surface area (Å²) < 4.78 is 0. The molecule has 0 heterocycles. The van der Waals surface area contributed by atoms with Gasteiger partial charge in [0.15, 0.2) is 0 Å². The molecule has 202 valence electrons. The Morgan fingerprint density at radius 2 is 1.13 bits per heavy atom. The molecule has 0 saturated carbocycles. The third-order valence-corrected chi connectivity index (χ3v) is 9.30. The van der Waals surface area contributed by atoms with Crippen molar-refractivity contribution in [2.75, 3.05) is 0 Å². The molecule has 0 aromatic heterocycles. The molecule has 0 bridgehead atoms. The summed E-state index contributed by atoms with van der Waals surface area (Å²) in [7, 11) is 0. The number of benzene rings is 4. The SMILES string of the molecule is CCCC(CCC)(c1ccccc1)c1cccc(-c2ccc3c(c2)C(CCC)(CCC)c2cc(C)ccc2-3)c1. The van der Waals surface area contributed by atoms with Gasteiger partial charge in [-0.1, -0.05) is 144 Å². The first-order chi connectivity index (χ1) is 19.0. The van der Waals surface area contributed by atoms with Crippen LogP contribution in [0, 0.1) is 6.92 Å². The van der Waals surface area contributed by atoms with Gasteiger partial charge in [0.05, 0.1) is 0 Å². The molecule has 1 aliphatic rings. The van der Waals surface area contributed by atoms with E-state index in [1.165, 1.54) is 90.3 Å². The van der Waals surface area contributed by atoms with Crippen molar-refractivity contribution >= 4 is 0 Å². The average Bonchev–Trinajstić information content (AvgIpc) is 3.22. The summed E-state index contributed by atoms with van der Waals surface area (Å²) in [6, 6.07) is 35.2. The molecule has 0 radical (unpaired) electrons. The van der Waals surface area contributed by atoms with Gasteiger partial charge in [-0.15, -0.1) is 0 Å². The summed E-state index contributed by atoms with van der Waals surface area (Å²) in [6.07, 6.45) is 9.49. The van der Waals surface area contributed by atoms with Gasteiger partial charge in [0.2, 0.25) is 0 Å². The van der Waals surface area contributed by atoms with Gasteiger partial charge < -0.3 is 0 Å². The van der Waals surface area contributed by atoms with Gasteiger partial charge in [-0.3, -0.25) is 0 Å². The smallest absolute Gasteiger partial charge is 0.0215 e. The lowest BCUT2D eigenvalue weighted by molar-refractivity contribution is 0.426. The van der Waals surface area contributed by atoms with Crippen LogP contribution in [0.3, 0.4) is 0 Å². The molecule has 0 amide bonds. The molecule has 0 saturated heterocycles. The largest absolute Gasteiger partial charge is 0.0653 e. The zero-order chi connectivity index (χ0) is 27.5. The molecule has 0 fully saturated rings. The van der Waals surface area contributed by atoms with Crippen molar-refractivity contribution in [2.45, 2.75) is 96.8 Å². The Hall–Kier alpha value is -3.12. The van der Waals surface area contributed by atoms with Crippen LogP contribution in [0.25, 0.3) is 22.3 Å². The van der Waals surface area contributed by atoms with E-state index in [-0.39, 0.29) is 10.8 Å². The van der Waals surface area contributed by atoms with Crippen LogP contribution in [0.5, 0.6) is 0 Å². The second-order valence-electron chi connectivity index (χ2n) is 11.9. The van der Waals surface area contributed by atoms with Crippen LogP contribution in [0.4, 0.5) is 0 Å². The standard InChI is InChI=1S/C39H46/c1-6-22-38(23-7-2,32-15-11-10-12-16-32)33-17-13-14-30(27-33)31-19-21-35-34-20-18-29(5)26-36(34)39(24-8-3,25-9-4)37(35)28-31/h10-21,26-28H,6-9,22-25H2,1-5H3. The minimum Gasteiger partial charge on any atom is -0.0653 e. The van der Waals surface area contributed by atoms with E-state index >= 15 is 0 Å². The summed E-state index contributed by atoms with van der Waals surface area (Å²) in [6.45, 7) is 11.6. The Bertz CT molecular complexity index is 1400. The zero-order valence-electron chi connectivity index (χ0n) is 24.8. The molecule has 0 unspecified atom stereocenters. The van der Waals surface area contributed by atoms with Gasteiger partial charge in [0.25, 0.3) is 0 Å². The summed E-state index contributed by atoms with van der Waals surface area (Å²) >= 11 is 0. The summed E-state index contributed by atoms with van der Waals surface area (Å²) in [5, 5.41) is 0. The first-order valence-corrected chi connectivity index (χ1v) is 15.5. The maximum atomic E-state index is 2.55. The highest BCUT2D eigenvalue weighted by Gasteiger charge is 2.42. The quantitative estimate of drug-likeness (QED) is 0.187. The van der Waals surface area contributed by atoms with Crippen molar-refractivity contribution in [1.29, 1.82) is 0 Å². The predicted molar refractivity (Wildman–Crippen MR) is 170 cm³/mol. The lowest BCUT2D eigenvalue weighted by atomic mass is 9.68. The highest BCUT2D eigenvalue weighted by molar-refractivity contribution is 5.84. The van der Waals surface area contributed by atoms with E-state index in [9.17, 15) is 0 Å². The van der Waals surface area contributed by atoms with E-state index in [1.54, 1.807) is 11.1 Å². The van der Waals surface area contributed by atoms with Crippen LogP contribution >= 0.6 is 0 Å². The average molecular weight is 515 g/mol. The fourth-order valence-corrected chi connectivity index (χ4v) is 7.78. The molecule has 0 spiro atoms. The third-order valence-electron chi connectivity index (χ3n) is 9.30. The lowest BCUT2D eigenvalue weighted by Crippen LogP contribution is -2.27. The number of rotatable bonds is 11. The van der Waals surface area contributed by atoms with Crippen LogP contribution in [0.2, 0.25) is 0 Å². The molecule has 0 N–H and O–H groups in total. The molecule has 4 aromatic rings. The second-order valence-corrected chi connectivity index (χ2v) is 11.9. The second kappa shape index (κ2) is 11.5. The Kier molecular flexibility index (Phi) is 8.13. The van der Waals surface area contributed by atoms with E-state index in [2.05, 4.69) is 126 Å². The van der Waals surface area contributed by atoms with Crippen molar-refractivity contribution in [3.63, 3.8) is 0 Å². The number of fused-ring (bicyclic) bond motifs is 3. The Labute approximate surface area is 237 Å². The molecule has 0 heteroatoms. The summed E-state index contributed by atoms with van der Waals surface area (Å²) in [4.78, 5) is 0. The van der Waals surface area contributed by atoms with Crippen LogP contribution in [-0.2, 0) is 10.8 Å². The first kappa shape index (κ1) is 27.4. The van der Waals surface area contributed by atoms with Crippen molar-refractivity contribution in [1.82, 2.24) is 0 Å². The normalized spacial score (nSPS) is 13.8. The number of aryl methyl sites for hydroxylation is 1. The van der Waals surface area contributed by atoms with E-state index in [0.29, 0.717) is 0 Å². The van der Waals surface area contributed by atoms with Crippen molar-refractivity contribution in [3.05, 3.63) is 119 Å². The van der Waals surface area contributed by atoms with Crippen LogP contribution in [-0.4, -0.2) is 0 Å². The molecular weight excluding hydrogens is 468 g/mol. The molecule has 0 aliphatic heterocycles. The van der Waals surface area contributed by atoms with Crippen molar-refractivity contribution < 1.29 is 0 Å². The van der Waals surface area contributed by atoms with Gasteiger partial charge in [0, 0.05) is 10.8 Å². The topological polar surface area (TPSA) is 0 Å². The number of hydrogen-bond donors (Lipinski definition) is 0. The number of hydrogen-bond acceptors (Lipinski definition) is 0. The molecule has 0 nitrogen and oxygen atoms in total. The van der Waals surface area contributed by atoms with Crippen molar-refractivity contribution in [3.8, 4) is 22.3 Å². The molecule has 5 rings (SSSR count). The minimum atomic E-state index is 0.0550. The molecule has 1 aliphatic carbocycles. The van der Waals surface area contributed by atoms with Gasteiger partial charge >= 0.3 is 0 Å². The zero-order valence-corrected chi connectivity index (χ0v) is 24.8. The predicted octanol–water partition coefficient (Wildman–Crippen LogP) is 11.4. The fourth-order valence-electron chi connectivity index (χ4n) is 7.78. The van der Waals surface area contributed by atoms with Gasteiger partial charge in [0.1, 0.15) is 0 Å². The Morgan fingerprint density at radius 1 is 0.538 bits per heavy atom. The monoisotopic (exact) mass is 514 g/mol. The van der Waals surface area contributed by atoms with Crippen molar-refractivity contribution in [2.24, 2.45) is 0 Å². The molecule has 39 heavy (non-hydrogen) atoms. The Balaban J connectivity index is 1.66. The van der Waals surface area contributed by atoms with E-state index in [0.717, 1.165) is 0 Å². The van der Waals surface area contributed by atoms with E-state index in [1.807, 2.05) is 0 Å². The molecule has 0 atom stereocenters. The first-order valence-electron chi connectivity index (χ1n) is 15.5. The van der Waals surface area contributed by atoms with Crippen LogP contribution in [0.15, 0.2) is 91.0 Å². The fraction of sp³-hybridized carbons (Fsp3) is 0.385. The maximum Gasteiger partial charge on any atom is 0.0215 e. The highest BCUT2D eigenvalue weighted by Crippen LogP contribution is 2.55. The van der Waals surface area contributed by atoms with Gasteiger partial charge in [-0.05, 0) is 83.2 Å². The summed E-state index contributed by atoms with van der Waals surface area (Å²) in [5.74, 6) is 0. The van der Waals surface area contributed by atoms with Gasteiger partial charge in [-0.2, -0.15) is 0 Å². The van der Waals surface area contributed by atoms with E-state index in [4.69, 9.17) is 0 Å². The Morgan fingerprint density at radius 3 is 1.77 bits per heavy atom.